The van der Waals surface area contributed by atoms with Gasteiger partial charge in [0, 0.05) is 0 Å². The van der Waals surface area contributed by atoms with Crippen LogP contribution >= 0.6 is 0 Å². The molecule has 0 atom stereocenters. The van der Waals surface area contributed by atoms with E-state index in [0.717, 1.165) is 42.0 Å². The van der Waals surface area contributed by atoms with E-state index in [9.17, 15) is 13.0 Å². The number of hydrogen-bond donors (Lipinski definition) is 0. The van der Waals surface area contributed by atoms with Crippen molar-refractivity contribution in [2.24, 2.45) is 0 Å². The van der Waals surface area contributed by atoms with Gasteiger partial charge in [0.1, 0.15) is 10.1 Å². The molecule has 5 heteroatoms. The van der Waals surface area contributed by atoms with Crippen LogP contribution in [0, 0.1) is 0 Å². The predicted octanol–water partition coefficient (Wildman–Crippen LogP) is 4.55. The van der Waals surface area contributed by atoms with Gasteiger partial charge in [0.05, 0.1) is 4.90 Å². The summed E-state index contributed by atoms with van der Waals surface area (Å²) in [5.74, 6) is 0. The van der Waals surface area contributed by atoms with E-state index in [1.54, 1.807) is 6.07 Å². The van der Waals surface area contributed by atoms with Gasteiger partial charge in [-0.25, -0.2) is 8.42 Å². The van der Waals surface area contributed by atoms with Crippen LogP contribution in [0.1, 0.15) is 102 Å². The van der Waals surface area contributed by atoms with Gasteiger partial charge in [-0.05, 0) is 59.7 Å². The number of fused-ring (bicyclic) bond motifs is 1. The van der Waals surface area contributed by atoms with Crippen molar-refractivity contribution < 1.29 is 64.4 Å². The zero-order valence-electron chi connectivity index (χ0n) is 19.9. The smallest absolute Gasteiger partial charge is 0.744 e. The van der Waals surface area contributed by atoms with E-state index in [-0.39, 0.29) is 56.3 Å². The molecule has 2 rings (SSSR count). The van der Waals surface area contributed by atoms with Crippen molar-refractivity contribution >= 4 is 20.9 Å². The van der Waals surface area contributed by atoms with Crippen LogP contribution in [0.25, 0.3) is 10.8 Å². The molecule has 0 spiro atoms. The molecule has 168 valence electrons. The van der Waals surface area contributed by atoms with Gasteiger partial charge in [-0.15, -0.1) is 0 Å². The number of hydrogen-bond acceptors (Lipinski definition) is 3. The summed E-state index contributed by atoms with van der Waals surface area (Å²) in [4.78, 5) is -0.0975. The van der Waals surface area contributed by atoms with Gasteiger partial charge in [0.2, 0.25) is 0 Å². The summed E-state index contributed by atoms with van der Waals surface area (Å²) in [5, 5.41) is 1.97. The normalized spacial score (nSPS) is 11.6. The van der Waals surface area contributed by atoms with Gasteiger partial charge in [-0.1, -0.05) is 96.3 Å². The Kier molecular flexibility index (Phi) is 15.1. The summed E-state index contributed by atoms with van der Waals surface area (Å²) in [5.41, 5.74) is 2.31. The molecule has 0 amide bonds. The Hall–Kier alpha value is 0.246. The predicted molar refractivity (Wildman–Crippen MR) is 126 cm³/mol. The molecule has 0 radical (unpaired) electrons. The quantitative estimate of drug-likeness (QED) is 0.218. The first-order valence-corrected chi connectivity index (χ1v) is 13.4. The first-order chi connectivity index (χ1) is 14.5. The van der Waals surface area contributed by atoms with E-state index < -0.39 is 10.1 Å². The van der Waals surface area contributed by atoms with Crippen molar-refractivity contribution in [3.8, 4) is 0 Å². The Morgan fingerprint density at radius 3 is 1.84 bits per heavy atom. The maximum atomic E-state index is 11.6. The maximum absolute atomic E-state index is 11.6. The standard InChI is InChI=1S/C26H40O3S.K/c1-3-5-7-9-11-13-15-22-17-18-24-21-25(30(27,28)29)20-23(26(24)19-22)16-14-12-10-8-6-4-2;/h17-21H,3-16H2,1-2H3,(H,27,28,29);/q;+1/p-1. The van der Waals surface area contributed by atoms with Crippen LogP contribution in [0.4, 0.5) is 0 Å². The molecule has 3 nitrogen and oxygen atoms in total. The fourth-order valence-corrected chi connectivity index (χ4v) is 4.72. The minimum Gasteiger partial charge on any atom is -0.744 e. The van der Waals surface area contributed by atoms with Crippen LogP contribution in [0.15, 0.2) is 35.2 Å². The van der Waals surface area contributed by atoms with Crippen molar-refractivity contribution in [2.75, 3.05) is 0 Å². The molecule has 0 saturated carbocycles. The van der Waals surface area contributed by atoms with E-state index in [2.05, 4.69) is 26.0 Å². The molecule has 0 aliphatic rings. The van der Waals surface area contributed by atoms with Gasteiger partial charge in [-0.3, -0.25) is 0 Å². The third kappa shape index (κ3) is 10.8. The molecule has 0 aliphatic heterocycles. The van der Waals surface area contributed by atoms with Gasteiger partial charge >= 0.3 is 51.4 Å². The minimum absolute atomic E-state index is 0. The summed E-state index contributed by atoms with van der Waals surface area (Å²) in [7, 11) is -4.44. The number of unbranched alkanes of at least 4 members (excludes halogenated alkanes) is 10. The summed E-state index contributed by atoms with van der Waals surface area (Å²) >= 11 is 0. The SMILES string of the molecule is CCCCCCCCc1ccc2cc(S(=O)(=O)[O-])cc(CCCCCCCC)c2c1.[K+]. The molecular weight excluding hydrogens is 431 g/mol. The summed E-state index contributed by atoms with van der Waals surface area (Å²) < 4.78 is 34.9. The molecule has 0 aliphatic carbocycles. The number of aryl methyl sites for hydroxylation is 2. The van der Waals surface area contributed by atoms with Crippen LogP contribution in [-0.2, 0) is 23.0 Å². The van der Waals surface area contributed by atoms with E-state index in [0.29, 0.717) is 0 Å². The second-order valence-electron chi connectivity index (χ2n) is 8.63. The van der Waals surface area contributed by atoms with Gasteiger partial charge in [0.15, 0.2) is 0 Å². The zero-order valence-corrected chi connectivity index (χ0v) is 23.9. The Morgan fingerprint density at radius 1 is 0.710 bits per heavy atom. The van der Waals surface area contributed by atoms with Crippen LogP contribution in [-0.4, -0.2) is 13.0 Å². The van der Waals surface area contributed by atoms with Crippen molar-refractivity contribution in [1.29, 1.82) is 0 Å². The monoisotopic (exact) mass is 470 g/mol. The molecule has 0 fully saturated rings. The molecule has 31 heavy (non-hydrogen) atoms. The van der Waals surface area contributed by atoms with Crippen molar-refractivity contribution in [1.82, 2.24) is 0 Å². The van der Waals surface area contributed by atoms with Crippen LogP contribution in [0.5, 0.6) is 0 Å². The fourth-order valence-electron chi connectivity index (χ4n) is 4.16. The van der Waals surface area contributed by atoms with Crippen LogP contribution in [0.2, 0.25) is 0 Å². The zero-order chi connectivity index (χ0) is 21.8. The summed E-state index contributed by atoms with van der Waals surface area (Å²) in [6, 6.07) is 9.45. The second-order valence-corrected chi connectivity index (χ2v) is 10.0. The minimum atomic E-state index is -4.44. The fraction of sp³-hybridized carbons (Fsp3) is 0.615. The summed E-state index contributed by atoms with van der Waals surface area (Å²) in [6.45, 7) is 4.45. The Balaban J connectivity index is 0.00000480. The third-order valence-electron chi connectivity index (χ3n) is 5.99. The van der Waals surface area contributed by atoms with Gasteiger partial charge < -0.3 is 4.55 Å². The summed E-state index contributed by atoms with van der Waals surface area (Å²) in [6.07, 6.45) is 16.7. The molecular formula is C26H39KO3S. The topological polar surface area (TPSA) is 57.2 Å². The van der Waals surface area contributed by atoms with E-state index in [1.807, 2.05) is 6.07 Å². The first-order valence-electron chi connectivity index (χ1n) is 12.0. The number of rotatable bonds is 15. The second kappa shape index (κ2) is 16.0. The van der Waals surface area contributed by atoms with Crippen molar-refractivity contribution in [2.45, 2.75) is 109 Å². The largest absolute Gasteiger partial charge is 1.00 e. The van der Waals surface area contributed by atoms with Crippen LogP contribution in [0.3, 0.4) is 0 Å². The van der Waals surface area contributed by atoms with Crippen molar-refractivity contribution in [3.05, 3.63) is 41.5 Å². The third-order valence-corrected chi connectivity index (χ3v) is 6.80. The number of benzene rings is 2. The molecule has 0 bridgehead atoms. The molecule has 2 aromatic carbocycles. The maximum Gasteiger partial charge on any atom is 1.00 e. The van der Waals surface area contributed by atoms with Crippen molar-refractivity contribution in [3.63, 3.8) is 0 Å². The Labute approximate surface area is 233 Å². The van der Waals surface area contributed by atoms with Crippen LogP contribution < -0.4 is 51.4 Å². The van der Waals surface area contributed by atoms with E-state index in [1.165, 1.54) is 75.8 Å². The molecule has 0 heterocycles. The van der Waals surface area contributed by atoms with E-state index >= 15 is 0 Å². The molecule has 0 aromatic heterocycles. The molecule has 0 saturated heterocycles. The van der Waals surface area contributed by atoms with E-state index in [4.69, 9.17) is 0 Å². The molecule has 0 N–H and O–H groups in total. The molecule has 2 aromatic rings. The van der Waals surface area contributed by atoms with Gasteiger partial charge in [-0.2, -0.15) is 0 Å². The average Bonchev–Trinajstić information content (AvgIpc) is 2.72. The average molecular weight is 471 g/mol. The Morgan fingerprint density at radius 2 is 1.26 bits per heavy atom. The molecule has 0 unspecified atom stereocenters. The Bertz CT molecular complexity index is 878. The first kappa shape index (κ1) is 29.3. The van der Waals surface area contributed by atoms with Gasteiger partial charge in [0.25, 0.3) is 0 Å².